The van der Waals surface area contributed by atoms with Crippen molar-refractivity contribution < 1.29 is 8.42 Å². The molecule has 5 nitrogen and oxygen atoms in total. The van der Waals surface area contributed by atoms with E-state index in [1.54, 1.807) is 0 Å². The zero-order valence-electron chi connectivity index (χ0n) is 9.55. The molecule has 0 atom stereocenters. The van der Waals surface area contributed by atoms with E-state index in [-0.39, 0.29) is 5.75 Å². The first kappa shape index (κ1) is 13.6. The number of hydrogen-bond donors (Lipinski definition) is 1. The standard InChI is InChI=1S/C9H19N3O2S2/c1-16(13,14)8-2-3-11-9(10)12-4-6-15-7-5-12/h2-8H2,1H3,(H2,10,11). The molecule has 0 aromatic rings. The van der Waals surface area contributed by atoms with Crippen LogP contribution in [-0.2, 0) is 9.84 Å². The third-order valence-electron chi connectivity index (χ3n) is 2.28. The predicted octanol–water partition coefficient (Wildman–Crippen LogP) is -0.215. The van der Waals surface area contributed by atoms with E-state index in [4.69, 9.17) is 5.73 Å². The fourth-order valence-corrected chi connectivity index (χ4v) is 2.97. The third kappa shape index (κ3) is 5.60. The molecule has 1 saturated heterocycles. The molecule has 0 aliphatic carbocycles. The summed E-state index contributed by atoms with van der Waals surface area (Å²) < 4.78 is 21.8. The number of guanidine groups is 1. The minimum Gasteiger partial charge on any atom is -0.370 e. The molecule has 0 bridgehead atoms. The average molecular weight is 265 g/mol. The first-order valence-corrected chi connectivity index (χ1v) is 8.51. The summed E-state index contributed by atoms with van der Waals surface area (Å²) in [5.74, 6) is 2.90. The highest BCUT2D eigenvalue weighted by molar-refractivity contribution is 7.99. The Labute approximate surface area is 101 Å². The van der Waals surface area contributed by atoms with Gasteiger partial charge in [0.2, 0.25) is 0 Å². The van der Waals surface area contributed by atoms with Crippen molar-refractivity contribution in [2.45, 2.75) is 6.42 Å². The predicted molar refractivity (Wildman–Crippen MR) is 69.7 cm³/mol. The van der Waals surface area contributed by atoms with Crippen molar-refractivity contribution in [1.29, 1.82) is 0 Å². The van der Waals surface area contributed by atoms with Gasteiger partial charge in [0.05, 0.1) is 5.75 Å². The van der Waals surface area contributed by atoms with Crippen LogP contribution in [0.2, 0.25) is 0 Å². The van der Waals surface area contributed by atoms with Gasteiger partial charge in [0.15, 0.2) is 5.96 Å². The summed E-state index contributed by atoms with van der Waals surface area (Å²) in [6.45, 7) is 2.36. The topological polar surface area (TPSA) is 75.8 Å². The van der Waals surface area contributed by atoms with Crippen molar-refractivity contribution >= 4 is 27.6 Å². The second kappa shape index (κ2) is 6.34. The van der Waals surface area contributed by atoms with E-state index in [1.807, 2.05) is 11.8 Å². The maximum Gasteiger partial charge on any atom is 0.191 e. The Morgan fingerprint density at radius 2 is 2.06 bits per heavy atom. The van der Waals surface area contributed by atoms with Crippen LogP contribution < -0.4 is 5.73 Å². The van der Waals surface area contributed by atoms with Crippen LogP contribution in [0.4, 0.5) is 0 Å². The molecule has 1 heterocycles. The van der Waals surface area contributed by atoms with Crippen LogP contribution in [0.25, 0.3) is 0 Å². The molecular weight excluding hydrogens is 246 g/mol. The van der Waals surface area contributed by atoms with E-state index >= 15 is 0 Å². The quantitative estimate of drug-likeness (QED) is 0.432. The zero-order valence-corrected chi connectivity index (χ0v) is 11.2. The maximum atomic E-state index is 10.9. The minimum absolute atomic E-state index is 0.180. The van der Waals surface area contributed by atoms with Gasteiger partial charge in [0.25, 0.3) is 0 Å². The lowest BCUT2D eigenvalue weighted by atomic mass is 10.5. The van der Waals surface area contributed by atoms with Crippen LogP contribution >= 0.6 is 11.8 Å². The first-order valence-electron chi connectivity index (χ1n) is 5.29. The molecule has 0 amide bonds. The first-order chi connectivity index (χ1) is 7.49. The van der Waals surface area contributed by atoms with E-state index < -0.39 is 9.84 Å². The summed E-state index contributed by atoms with van der Waals surface area (Å²) >= 11 is 1.92. The summed E-state index contributed by atoms with van der Waals surface area (Å²) in [7, 11) is -2.87. The van der Waals surface area contributed by atoms with E-state index in [9.17, 15) is 8.42 Å². The summed E-state index contributed by atoms with van der Waals surface area (Å²) in [5, 5.41) is 0. The molecule has 2 N–H and O–H groups in total. The van der Waals surface area contributed by atoms with Gasteiger partial charge in [-0.3, -0.25) is 4.99 Å². The minimum atomic E-state index is -2.87. The van der Waals surface area contributed by atoms with Gasteiger partial charge in [0.1, 0.15) is 9.84 Å². The fraction of sp³-hybridized carbons (Fsp3) is 0.889. The van der Waals surface area contributed by atoms with E-state index in [1.165, 1.54) is 6.26 Å². The molecule has 0 aromatic heterocycles. The van der Waals surface area contributed by atoms with Crippen LogP contribution in [0.5, 0.6) is 0 Å². The van der Waals surface area contributed by atoms with E-state index in [2.05, 4.69) is 9.89 Å². The second-order valence-electron chi connectivity index (χ2n) is 3.82. The van der Waals surface area contributed by atoms with Crippen LogP contribution in [0.3, 0.4) is 0 Å². The highest BCUT2D eigenvalue weighted by Crippen LogP contribution is 2.08. The average Bonchev–Trinajstić information content (AvgIpc) is 2.24. The summed E-state index contributed by atoms with van der Waals surface area (Å²) in [4.78, 5) is 6.25. The number of nitrogens with two attached hydrogens (primary N) is 1. The monoisotopic (exact) mass is 265 g/mol. The Kier molecular flexibility index (Phi) is 5.40. The molecule has 0 radical (unpaired) electrons. The number of hydrogen-bond acceptors (Lipinski definition) is 4. The van der Waals surface area contributed by atoms with Crippen molar-refractivity contribution in [3.63, 3.8) is 0 Å². The Morgan fingerprint density at radius 3 is 2.62 bits per heavy atom. The molecule has 1 aliphatic rings. The Bertz CT molecular complexity index is 335. The molecule has 0 aromatic carbocycles. The van der Waals surface area contributed by atoms with E-state index in [0.717, 1.165) is 24.6 Å². The van der Waals surface area contributed by atoms with Crippen LogP contribution in [0.15, 0.2) is 4.99 Å². The second-order valence-corrected chi connectivity index (χ2v) is 7.31. The number of nitrogens with zero attached hydrogens (tertiary/aromatic N) is 2. The summed E-state index contributed by atoms with van der Waals surface area (Å²) in [5.41, 5.74) is 5.82. The largest absolute Gasteiger partial charge is 0.370 e. The van der Waals surface area contributed by atoms with Crippen LogP contribution in [-0.4, -0.2) is 62.4 Å². The van der Waals surface area contributed by atoms with Crippen molar-refractivity contribution in [3.8, 4) is 0 Å². The number of thioether (sulfide) groups is 1. The van der Waals surface area contributed by atoms with Crippen molar-refractivity contribution in [2.24, 2.45) is 10.7 Å². The smallest absolute Gasteiger partial charge is 0.191 e. The molecule has 94 valence electrons. The fourth-order valence-electron chi connectivity index (χ4n) is 1.41. The SMILES string of the molecule is CS(=O)(=O)CCCN=C(N)N1CCSCC1. The Morgan fingerprint density at radius 1 is 1.44 bits per heavy atom. The van der Waals surface area contributed by atoms with Gasteiger partial charge >= 0.3 is 0 Å². The highest BCUT2D eigenvalue weighted by Gasteiger charge is 2.11. The lowest BCUT2D eigenvalue weighted by molar-refractivity contribution is 0.456. The zero-order chi connectivity index (χ0) is 12.0. The summed E-state index contributed by atoms with van der Waals surface area (Å²) in [6, 6.07) is 0. The molecular formula is C9H19N3O2S2. The van der Waals surface area contributed by atoms with Crippen LogP contribution in [0.1, 0.15) is 6.42 Å². The lowest BCUT2D eigenvalue weighted by Gasteiger charge is -2.27. The van der Waals surface area contributed by atoms with Gasteiger partial charge in [-0.1, -0.05) is 0 Å². The molecule has 1 aliphatic heterocycles. The molecule has 16 heavy (non-hydrogen) atoms. The normalized spacial score (nSPS) is 18.8. The highest BCUT2D eigenvalue weighted by atomic mass is 32.2. The van der Waals surface area contributed by atoms with Gasteiger partial charge in [-0.15, -0.1) is 0 Å². The van der Waals surface area contributed by atoms with Crippen LogP contribution in [0, 0.1) is 0 Å². The molecule has 0 saturated carbocycles. The van der Waals surface area contributed by atoms with Crippen molar-refractivity contribution in [3.05, 3.63) is 0 Å². The Hall–Kier alpha value is -0.430. The molecule has 1 fully saturated rings. The van der Waals surface area contributed by atoms with Crippen molar-refractivity contribution in [1.82, 2.24) is 4.90 Å². The summed E-state index contributed by atoms with van der Waals surface area (Å²) in [6.07, 6.45) is 1.78. The lowest BCUT2D eigenvalue weighted by Crippen LogP contribution is -2.42. The van der Waals surface area contributed by atoms with E-state index in [0.29, 0.717) is 18.9 Å². The maximum absolute atomic E-state index is 10.9. The van der Waals surface area contributed by atoms with Gasteiger partial charge in [-0.05, 0) is 6.42 Å². The third-order valence-corrected chi connectivity index (χ3v) is 4.25. The molecule has 0 unspecified atom stereocenters. The molecule has 1 rings (SSSR count). The van der Waals surface area contributed by atoms with Gasteiger partial charge in [-0.2, -0.15) is 11.8 Å². The number of rotatable bonds is 4. The molecule has 7 heteroatoms. The van der Waals surface area contributed by atoms with Crippen molar-refractivity contribution in [2.75, 3.05) is 43.1 Å². The Balaban J connectivity index is 2.27. The van der Waals surface area contributed by atoms with Gasteiger partial charge in [0, 0.05) is 37.4 Å². The molecule has 0 spiro atoms. The van der Waals surface area contributed by atoms with Gasteiger partial charge in [-0.25, -0.2) is 8.42 Å². The number of sulfone groups is 1. The van der Waals surface area contributed by atoms with Gasteiger partial charge < -0.3 is 10.6 Å². The number of aliphatic imine (C=N–C) groups is 1.